The van der Waals surface area contributed by atoms with E-state index in [9.17, 15) is 4.79 Å². The number of rotatable bonds is 4. The average Bonchev–Trinajstić information content (AvgIpc) is 2.92. The Hall–Kier alpha value is -1.34. The van der Waals surface area contributed by atoms with Crippen molar-refractivity contribution in [1.29, 1.82) is 5.26 Å². The third-order valence-electron chi connectivity index (χ3n) is 3.42. The lowest BCUT2D eigenvalue weighted by Gasteiger charge is -2.29. The van der Waals surface area contributed by atoms with E-state index in [1.165, 1.54) is 4.88 Å². The molecule has 4 heteroatoms. The molecule has 1 saturated heterocycles. The van der Waals surface area contributed by atoms with Crippen molar-refractivity contribution in [2.24, 2.45) is 5.92 Å². The van der Waals surface area contributed by atoms with Crippen LogP contribution in [0.1, 0.15) is 30.6 Å². The smallest absolute Gasteiger partial charge is 0.222 e. The molecule has 3 nitrogen and oxygen atoms in total. The molecular formula is C14H18N2OS. The maximum Gasteiger partial charge on any atom is 0.222 e. The van der Waals surface area contributed by atoms with Crippen molar-refractivity contribution in [3.63, 3.8) is 0 Å². The molecule has 2 rings (SSSR count). The molecule has 1 aliphatic heterocycles. The van der Waals surface area contributed by atoms with Gasteiger partial charge in [0.25, 0.3) is 0 Å². The van der Waals surface area contributed by atoms with Crippen LogP contribution < -0.4 is 0 Å². The van der Waals surface area contributed by atoms with Crippen molar-refractivity contribution in [2.75, 3.05) is 13.1 Å². The topological polar surface area (TPSA) is 44.1 Å². The third-order valence-corrected chi connectivity index (χ3v) is 4.36. The second kappa shape index (κ2) is 6.55. The number of nitriles is 1. The van der Waals surface area contributed by atoms with Crippen LogP contribution in [0.2, 0.25) is 0 Å². The van der Waals surface area contributed by atoms with Crippen LogP contribution in [0, 0.1) is 17.2 Å². The molecule has 0 N–H and O–H groups in total. The number of carbonyl (C=O) groups excluding carboxylic acids is 1. The molecule has 0 spiro atoms. The van der Waals surface area contributed by atoms with E-state index in [2.05, 4.69) is 23.6 Å². The summed E-state index contributed by atoms with van der Waals surface area (Å²) in [6.45, 7) is 1.52. The number of hydrogen-bond acceptors (Lipinski definition) is 3. The fraction of sp³-hybridized carbons (Fsp3) is 0.571. The molecule has 2 heterocycles. The summed E-state index contributed by atoms with van der Waals surface area (Å²) in [5, 5.41) is 10.9. The molecule has 0 bridgehead atoms. The molecule has 0 aliphatic carbocycles. The fourth-order valence-electron chi connectivity index (χ4n) is 2.28. The highest BCUT2D eigenvalue weighted by molar-refractivity contribution is 7.09. The van der Waals surface area contributed by atoms with E-state index in [1.54, 1.807) is 11.3 Å². The highest BCUT2D eigenvalue weighted by Crippen LogP contribution is 2.18. The zero-order valence-electron chi connectivity index (χ0n) is 10.5. The van der Waals surface area contributed by atoms with Crippen LogP contribution in [0.15, 0.2) is 17.5 Å². The summed E-state index contributed by atoms with van der Waals surface area (Å²) in [4.78, 5) is 15.2. The zero-order chi connectivity index (χ0) is 12.8. The zero-order valence-corrected chi connectivity index (χ0v) is 11.3. The van der Waals surface area contributed by atoms with E-state index in [0.29, 0.717) is 6.42 Å². The van der Waals surface area contributed by atoms with Gasteiger partial charge in [-0.3, -0.25) is 4.79 Å². The third kappa shape index (κ3) is 3.58. The van der Waals surface area contributed by atoms with Gasteiger partial charge in [0.05, 0.1) is 6.07 Å². The number of nitrogens with zero attached hydrogens (tertiary/aromatic N) is 2. The molecule has 0 radical (unpaired) electrons. The van der Waals surface area contributed by atoms with Gasteiger partial charge in [0.1, 0.15) is 0 Å². The summed E-state index contributed by atoms with van der Waals surface area (Å²) >= 11 is 1.75. The first-order chi connectivity index (χ1) is 8.79. The van der Waals surface area contributed by atoms with Gasteiger partial charge in [-0.1, -0.05) is 6.07 Å². The Morgan fingerprint density at radius 2 is 2.28 bits per heavy atom. The van der Waals surface area contributed by atoms with Crippen LogP contribution in [0.25, 0.3) is 0 Å². The Balaban J connectivity index is 1.68. The van der Waals surface area contributed by atoms with Gasteiger partial charge in [-0.2, -0.15) is 5.26 Å². The Morgan fingerprint density at radius 1 is 1.50 bits per heavy atom. The first-order valence-corrected chi connectivity index (χ1v) is 7.37. The number of hydrogen-bond donors (Lipinski definition) is 0. The monoisotopic (exact) mass is 262 g/mol. The van der Waals surface area contributed by atoms with Crippen LogP contribution >= 0.6 is 11.3 Å². The van der Waals surface area contributed by atoms with Crippen molar-refractivity contribution in [3.05, 3.63) is 22.4 Å². The molecule has 1 fully saturated rings. The molecule has 0 unspecified atom stereocenters. The maximum absolute atomic E-state index is 12.0. The second-order valence-corrected chi connectivity index (χ2v) is 5.75. The summed E-state index contributed by atoms with van der Waals surface area (Å²) in [6.07, 6.45) is 4.24. The van der Waals surface area contributed by atoms with Crippen LogP contribution in [0.3, 0.4) is 0 Å². The van der Waals surface area contributed by atoms with Gasteiger partial charge in [0, 0.05) is 30.3 Å². The number of carbonyl (C=O) groups is 1. The van der Waals surface area contributed by atoms with E-state index in [4.69, 9.17) is 5.26 Å². The van der Waals surface area contributed by atoms with Crippen molar-refractivity contribution in [2.45, 2.75) is 32.1 Å². The van der Waals surface area contributed by atoms with Crippen molar-refractivity contribution in [3.8, 4) is 6.07 Å². The predicted molar refractivity (Wildman–Crippen MR) is 72.2 cm³/mol. The van der Waals surface area contributed by atoms with E-state index in [1.807, 2.05) is 4.90 Å². The Labute approximate surface area is 112 Å². The Morgan fingerprint density at radius 3 is 2.89 bits per heavy atom. The fourth-order valence-corrected chi connectivity index (χ4v) is 3.04. The number of thiophene rings is 1. The lowest BCUT2D eigenvalue weighted by atomic mass is 9.98. The quantitative estimate of drug-likeness (QED) is 0.837. The minimum Gasteiger partial charge on any atom is -0.343 e. The average molecular weight is 262 g/mol. The largest absolute Gasteiger partial charge is 0.343 e. The molecule has 1 aliphatic rings. The van der Waals surface area contributed by atoms with Gasteiger partial charge < -0.3 is 4.90 Å². The van der Waals surface area contributed by atoms with Gasteiger partial charge in [-0.15, -0.1) is 11.3 Å². The van der Waals surface area contributed by atoms with Gasteiger partial charge in [0.2, 0.25) is 5.91 Å². The van der Waals surface area contributed by atoms with Gasteiger partial charge in [-0.05, 0) is 37.1 Å². The molecule has 0 saturated carbocycles. The highest BCUT2D eigenvalue weighted by atomic mass is 32.1. The molecule has 18 heavy (non-hydrogen) atoms. The standard InChI is InChI=1S/C14H18N2OS/c15-11-12-6-8-16(9-7-12)14(17)5-1-3-13-4-2-10-18-13/h2,4,10,12H,1,3,5-9H2. The van der Waals surface area contributed by atoms with Crippen molar-refractivity contribution in [1.82, 2.24) is 4.90 Å². The number of amides is 1. The van der Waals surface area contributed by atoms with E-state index in [-0.39, 0.29) is 11.8 Å². The molecule has 96 valence electrons. The summed E-state index contributed by atoms with van der Waals surface area (Å²) in [7, 11) is 0. The predicted octanol–water partition coefficient (Wildman–Crippen LogP) is 2.83. The van der Waals surface area contributed by atoms with Gasteiger partial charge in [0.15, 0.2) is 0 Å². The normalized spacial score (nSPS) is 16.5. The maximum atomic E-state index is 12.0. The lowest BCUT2D eigenvalue weighted by molar-refractivity contribution is -0.132. The minimum absolute atomic E-state index is 0.153. The number of piperidine rings is 1. The number of likely N-dealkylation sites (tertiary alicyclic amines) is 1. The van der Waals surface area contributed by atoms with E-state index in [0.717, 1.165) is 38.8 Å². The second-order valence-electron chi connectivity index (χ2n) is 4.72. The molecule has 1 amide bonds. The first-order valence-electron chi connectivity index (χ1n) is 6.49. The molecular weight excluding hydrogens is 244 g/mol. The number of aryl methyl sites for hydroxylation is 1. The van der Waals surface area contributed by atoms with Gasteiger partial charge >= 0.3 is 0 Å². The Bertz CT molecular complexity index is 414. The highest BCUT2D eigenvalue weighted by Gasteiger charge is 2.21. The van der Waals surface area contributed by atoms with Crippen LogP contribution in [0.4, 0.5) is 0 Å². The van der Waals surface area contributed by atoms with E-state index < -0.39 is 0 Å². The van der Waals surface area contributed by atoms with Crippen molar-refractivity contribution < 1.29 is 4.79 Å². The van der Waals surface area contributed by atoms with Crippen molar-refractivity contribution >= 4 is 17.2 Å². The summed E-state index contributed by atoms with van der Waals surface area (Å²) in [6, 6.07) is 6.46. The molecule has 1 aromatic rings. The van der Waals surface area contributed by atoms with Crippen LogP contribution in [-0.4, -0.2) is 23.9 Å². The summed E-state index contributed by atoms with van der Waals surface area (Å²) in [5.74, 6) is 0.406. The first kappa shape index (κ1) is 13.1. The lowest BCUT2D eigenvalue weighted by Crippen LogP contribution is -2.38. The van der Waals surface area contributed by atoms with Crippen LogP contribution in [0.5, 0.6) is 0 Å². The molecule has 0 atom stereocenters. The molecule has 1 aromatic heterocycles. The Kier molecular flexibility index (Phi) is 4.77. The summed E-state index contributed by atoms with van der Waals surface area (Å²) in [5.41, 5.74) is 0. The summed E-state index contributed by atoms with van der Waals surface area (Å²) < 4.78 is 0. The van der Waals surface area contributed by atoms with Gasteiger partial charge in [-0.25, -0.2) is 0 Å². The SMILES string of the molecule is N#CC1CCN(C(=O)CCCc2cccs2)CC1. The van der Waals surface area contributed by atoms with Crippen LogP contribution in [-0.2, 0) is 11.2 Å². The minimum atomic E-state index is 0.153. The van der Waals surface area contributed by atoms with E-state index >= 15 is 0 Å². The molecule has 0 aromatic carbocycles.